The van der Waals surface area contributed by atoms with Crippen molar-refractivity contribution in [2.45, 2.75) is 0 Å². The molecule has 1 radical (unpaired) electrons. The molecule has 0 amide bonds. The van der Waals surface area contributed by atoms with Crippen LogP contribution in [0.2, 0.25) is 0 Å². The number of para-hydroxylation sites is 1. The molecule has 4 nitrogen and oxygen atoms in total. The van der Waals surface area contributed by atoms with Crippen molar-refractivity contribution in [1.29, 1.82) is 0 Å². The SMILES string of the molecule is [Ir].[c-]1cccc2c1N1[CH-]OC(c3ncco3)=C1c1ccccc1-2. The van der Waals surface area contributed by atoms with Crippen molar-refractivity contribution in [2.75, 3.05) is 4.90 Å². The number of ether oxygens (including phenoxy) is 1. The Hall–Kier alpha value is -2.36. The Labute approximate surface area is 146 Å². The summed E-state index contributed by atoms with van der Waals surface area (Å²) >= 11 is 0. The molecule has 1 aromatic heterocycles. The van der Waals surface area contributed by atoms with Crippen LogP contribution in [0.15, 0.2) is 59.3 Å². The molecule has 2 aromatic carbocycles. The van der Waals surface area contributed by atoms with Crippen LogP contribution in [-0.4, -0.2) is 4.98 Å². The molecule has 0 unspecified atom stereocenters. The summed E-state index contributed by atoms with van der Waals surface area (Å²) in [7, 11) is 0. The van der Waals surface area contributed by atoms with Gasteiger partial charge in [0.2, 0.25) is 0 Å². The first-order valence-electron chi connectivity index (χ1n) is 6.97. The molecule has 3 heterocycles. The second kappa shape index (κ2) is 5.37. The van der Waals surface area contributed by atoms with Gasteiger partial charge in [0.05, 0.1) is 11.9 Å². The Balaban J connectivity index is 0.00000135. The van der Waals surface area contributed by atoms with E-state index in [1.165, 1.54) is 0 Å². The zero-order valence-corrected chi connectivity index (χ0v) is 14.2. The van der Waals surface area contributed by atoms with Crippen molar-refractivity contribution in [2.24, 2.45) is 0 Å². The number of aromatic nitrogens is 1. The van der Waals surface area contributed by atoms with Gasteiger partial charge >= 0.3 is 0 Å². The molecule has 5 rings (SSSR count). The quantitative estimate of drug-likeness (QED) is 0.497. The van der Waals surface area contributed by atoms with Crippen LogP contribution in [0.4, 0.5) is 5.69 Å². The third-order valence-electron chi connectivity index (χ3n) is 3.91. The molecule has 115 valence electrons. The summed E-state index contributed by atoms with van der Waals surface area (Å²) in [6, 6.07) is 17.5. The maximum Gasteiger partial charge on any atom is 0.261 e. The minimum atomic E-state index is 0. The van der Waals surface area contributed by atoms with Gasteiger partial charge in [-0.05, 0) is 5.56 Å². The van der Waals surface area contributed by atoms with Crippen LogP contribution < -0.4 is 4.90 Å². The molecule has 2 aliphatic rings. The van der Waals surface area contributed by atoms with Gasteiger partial charge in [0.15, 0.2) is 5.76 Å². The molecule has 2 aliphatic heterocycles. The molecular formula is C18H10IrN2O2-2. The third kappa shape index (κ3) is 1.97. The monoisotopic (exact) mass is 479 g/mol. The van der Waals surface area contributed by atoms with E-state index in [4.69, 9.17) is 9.15 Å². The molecule has 3 aromatic rings. The standard InChI is InChI=1S/C18H10N2O2.Ir/c1-2-7-14-12(5-1)13-6-3-4-8-15(13)20-11-22-17(16(14)20)18-19-9-10-21-18;/h1-7,9-11H;/q-2;. The minimum Gasteiger partial charge on any atom is -0.636 e. The van der Waals surface area contributed by atoms with Gasteiger partial charge in [-0.2, -0.15) is 24.3 Å². The van der Waals surface area contributed by atoms with E-state index in [1.807, 2.05) is 29.2 Å². The molecule has 5 heteroatoms. The fourth-order valence-electron chi connectivity index (χ4n) is 3.00. The third-order valence-corrected chi connectivity index (χ3v) is 3.91. The predicted octanol–water partition coefficient (Wildman–Crippen LogP) is 3.93. The number of oxazole rings is 1. The van der Waals surface area contributed by atoms with Crippen LogP contribution in [0.1, 0.15) is 11.5 Å². The largest absolute Gasteiger partial charge is 0.636 e. The molecular weight excluding hydrogens is 468 g/mol. The number of hydrogen-bond acceptors (Lipinski definition) is 4. The van der Waals surface area contributed by atoms with E-state index in [9.17, 15) is 0 Å². The Morgan fingerprint density at radius 2 is 1.87 bits per heavy atom. The van der Waals surface area contributed by atoms with Crippen molar-refractivity contribution < 1.29 is 29.3 Å². The second-order valence-corrected chi connectivity index (χ2v) is 5.09. The number of fused-ring (bicyclic) bond motifs is 6. The van der Waals surface area contributed by atoms with Crippen molar-refractivity contribution in [3.05, 3.63) is 79.2 Å². The van der Waals surface area contributed by atoms with Crippen LogP contribution in [0.3, 0.4) is 0 Å². The van der Waals surface area contributed by atoms with Crippen LogP contribution >= 0.6 is 0 Å². The number of benzene rings is 2. The van der Waals surface area contributed by atoms with E-state index in [-0.39, 0.29) is 20.1 Å². The maximum absolute atomic E-state index is 5.76. The molecule has 0 saturated heterocycles. The number of nitrogens with zero attached hydrogens (tertiary/aromatic N) is 2. The first-order chi connectivity index (χ1) is 10.9. The Bertz CT molecular complexity index is 903. The molecule has 0 N–H and O–H groups in total. The molecule has 0 fully saturated rings. The predicted molar refractivity (Wildman–Crippen MR) is 81.9 cm³/mol. The van der Waals surface area contributed by atoms with E-state index >= 15 is 0 Å². The normalized spacial score (nSPS) is 14.5. The number of hydrogen-bond donors (Lipinski definition) is 0. The number of anilines is 1. The van der Waals surface area contributed by atoms with E-state index < -0.39 is 0 Å². The smallest absolute Gasteiger partial charge is 0.261 e. The molecule has 0 aliphatic carbocycles. The van der Waals surface area contributed by atoms with E-state index in [1.54, 1.807) is 19.2 Å². The van der Waals surface area contributed by atoms with Crippen LogP contribution in [0.5, 0.6) is 0 Å². The van der Waals surface area contributed by atoms with Crippen LogP contribution in [0.25, 0.3) is 22.6 Å². The van der Waals surface area contributed by atoms with Gasteiger partial charge in [0.1, 0.15) is 6.26 Å². The zero-order valence-electron chi connectivity index (χ0n) is 11.8. The summed E-state index contributed by atoms with van der Waals surface area (Å²) in [5.41, 5.74) is 5.29. The first-order valence-corrected chi connectivity index (χ1v) is 6.97. The minimum absolute atomic E-state index is 0. The summed E-state index contributed by atoms with van der Waals surface area (Å²) in [6.45, 7) is 1.68. The van der Waals surface area contributed by atoms with Crippen LogP contribution in [0, 0.1) is 12.8 Å². The molecule has 0 spiro atoms. The summed E-state index contributed by atoms with van der Waals surface area (Å²) in [5.74, 6) is 1.10. The van der Waals surface area contributed by atoms with Gasteiger partial charge in [-0.1, -0.05) is 42.2 Å². The van der Waals surface area contributed by atoms with Gasteiger partial charge in [-0.3, -0.25) is 0 Å². The fourth-order valence-corrected chi connectivity index (χ4v) is 3.00. The van der Waals surface area contributed by atoms with Gasteiger partial charge in [0.25, 0.3) is 5.89 Å². The van der Waals surface area contributed by atoms with Gasteiger partial charge in [-0.15, -0.1) is 5.56 Å². The topological polar surface area (TPSA) is 38.5 Å². The molecule has 23 heavy (non-hydrogen) atoms. The summed E-state index contributed by atoms with van der Waals surface area (Å²) < 4.78 is 11.2. The maximum atomic E-state index is 5.76. The van der Waals surface area contributed by atoms with Crippen molar-refractivity contribution in [3.8, 4) is 11.1 Å². The van der Waals surface area contributed by atoms with Gasteiger partial charge < -0.3 is 14.1 Å². The molecule has 0 atom stereocenters. The number of rotatable bonds is 1. The Morgan fingerprint density at radius 3 is 2.70 bits per heavy atom. The van der Waals surface area contributed by atoms with E-state index in [0.29, 0.717) is 11.6 Å². The van der Waals surface area contributed by atoms with Gasteiger partial charge in [0, 0.05) is 20.1 Å². The van der Waals surface area contributed by atoms with Gasteiger partial charge in [-0.25, -0.2) is 4.98 Å². The Morgan fingerprint density at radius 1 is 1.04 bits per heavy atom. The average molecular weight is 479 g/mol. The second-order valence-electron chi connectivity index (χ2n) is 5.09. The first kappa shape index (κ1) is 14.2. The van der Waals surface area contributed by atoms with Crippen molar-refractivity contribution in [1.82, 2.24) is 4.98 Å². The zero-order chi connectivity index (χ0) is 14.5. The fraction of sp³-hybridized carbons (Fsp3) is 0. The summed E-state index contributed by atoms with van der Waals surface area (Å²) in [4.78, 5) is 6.21. The van der Waals surface area contributed by atoms with Crippen molar-refractivity contribution >= 4 is 17.1 Å². The van der Waals surface area contributed by atoms with Crippen LogP contribution in [-0.2, 0) is 24.8 Å². The Kier molecular flexibility index (Phi) is 3.33. The average Bonchev–Trinajstić information content (AvgIpc) is 3.24. The van der Waals surface area contributed by atoms with Crippen molar-refractivity contribution in [3.63, 3.8) is 0 Å². The molecule has 0 bridgehead atoms. The van der Waals surface area contributed by atoms with E-state index in [0.717, 1.165) is 28.1 Å². The van der Waals surface area contributed by atoms with E-state index in [2.05, 4.69) is 29.2 Å². The summed E-state index contributed by atoms with van der Waals surface area (Å²) in [6.07, 6.45) is 3.16. The molecule has 0 saturated carbocycles. The summed E-state index contributed by atoms with van der Waals surface area (Å²) in [5, 5.41) is 0.